The molecule has 2 heterocycles. The van der Waals surface area contributed by atoms with Gasteiger partial charge in [-0.15, -0.1) is 0 Å². The quantitative estimate of drug-likeness (QED) is 0.141. The van der Waals surface area contributed by atoms with Crippen LogP contribution in [-0.4, -0.2) is 9.13 Å². The molecule has 76 heavy (non-hydrogen) atoms. The van der Waals surface area contributed by atoms with Crippen LogP contribution in [-0.2, 0) is 10.8 Å². The number of benzene rings is 11. The Morgan fingerprint density at radius 3 is 1.17 bits per heavy atom. The predicted octanol–water partition coefficient (Wildman–Crippen LogP) is 19.7. The van der Waals surface area contributed by atoms with Crippen LogP contribution < -0.4 is 0 Å². The molecule has 0 radical (unpaired) electrons. The molecular weight excluding hydrogens is 917 g/mol. The van der Waals surface area contributed by atoms with Crippen molar-refractivity contribution in [3.8, 4) is 67.0 Å². The van der Waals surface area contributed by atoms with Gasteiger partial charge in [0.15, 0.2) is 0 Å². The van der Waals surface area contributed by atoms with Crippen molar-refractivity contribution < 1.29 is 0 Å². The highest BCUT2D eigenvalue weighted by Crippen LogP contribution is 2.53. The summed E-state index contributed by atoms with van der Waals surface area (Å²) in [5, 5.41) is 5.06. The van der Waals surface area contributed by atoms with Gasteiger partial charge in [-0.3, -0.25) is 0 Å². The Hall–Kier alpha value is -9.24. The van der Waals surface area contributed by atoms with E-state index >= 15 is 0 Å². The van der Waals surface area contributed by atoms with Gasteiger partial charge in [0.25, 0.3) is 0 Å². The second-order valence-corrected chi connectivity index (χ2v) is 22.1. The van der Waals surface area contributed by atoms with E-state index < -0.39 is 0 Å². The number of para-hydroxylation sites is 3. The van der Waals surface area contributed by atoms with E-state index in [2.05, 4.69) is 292 Å². The molecule has 0 atom stereocenters. The Morgan fingerprint density at radius 1 is 0.263 bits per heavy atom. The van der Waals surface area contributed by atoms with Gasteiger partial charge in [-0.05, 0) is 168 Å². The van der Waals surface area contributed by atoms with Crippen LogP contribution in [0.4, 0.5) is 0 Å². The fourth-order valence-corrected chi connectivity index (χ4v) is 13.1. The highest BCUT2D eigenvalue weighted by molar-refractivity contribution is 6.11. The molecule has 2 aromatic heterocycles. The van der Waals surface area contributed by atoms with Gasteiger partial charge in [0.2, 0.25) is 0 Å². The van der Waals surface area contributed by atoms with Crippen molar-refractivity contribution in [3.05, 3.63) is 276 Å². The zero-order valence-electron chi connectivity index (χ0n) is 43.1. The molecular formula is C74H54N2. The third-order valence-corrected chi connectivity index (χ3v) is 17.1. The Balaban J connectivity index is 0.711. The molecule has 0 aliphatic heterocycles. The number of rotatable bonds is 7. The highest BCUT2D eigenvalue weighted by atomic mass is 15.0. The van der Waals surface area contributed by atoms with Crippen LogP contribution in [0.5, 0.6) is 0 Å². The van der Waals surface area contributed by atoms with Crippen molar-refractivity contribution >= 4 is 55.8 Å². The van der Waals surface area contributed by atoms with Crippen molar-refractivity contribution in [2.24, 2.45) is 0 Å². The zero-order chi connectivity index (χ0) is 50.9. The topological polar surface area (TPSA) is 9.86 Å². The molecule has 2 aliphatic rings. The molecule has 0 amide bonds. The summed E-state index contributed by atoms with van der Waals surface area (Å²) in [6.45, 7) is 9.60. The Bertz CT molecular complexity index is 4540. The number of nitrogens with zero attached hydrogens (tertiary/aromatic N) is 2. The van der Waals surface area contributed by atoms with Gasteiger partial charge >= 0.3 is 0 Å². The molecule has 0 fully saturated rings. The average Bonchev–Trinajstić information content (AvgIpc) is 4.18. The summed E-state index contributed by atoms with van der Waals surface area (Å²) in [6.07, 6.45) is 4.55. The van der Waals surface area contributed by atoms with E-state index in [0.29, 0.717) is 0 Å². The molecule has 2 nitrogen and oxygen atoms in total. The molecule has 0 N–H and O–H groups in total. The number of hydrogen-bond acceptors (Lipinski definition) is 0. The van der Waals surface area contributed by atoms with Gasteiger partial charge in [-0.1, -0.05) is 204 Å². The molecule has 2 aliphatic carbocycles. The Labute approximate surface area is 444 Å². The SMILES string of the molecule is CC1(C)c2cc(C=Cc3ccc4c(c3)c3ccccc3n4-c3ccccc3)ccc2-c2ccc(-c3ccc4c(c3)C(C)(C)c3cc(-c5ccc6c(c5)c5ccccc5n6-c5ccc(-c6ccccc6)cc5)ccc3-4)cc21. The molecule has 0 spiro atoms. The maximum absolute atomic E-state index is 2.47. The van der Waals surface area contributed by atoms with Gasteiger partial charge < -0.3 is 9.13 Å². The van der Waals surface area contributed by atoms with Crippen molar-refractivity contribution in [2.75, 3.05) is 0 Å². The van der Waals surface area contributed by atoms with E-state index in [9.17, 15) is 0 Å². The number of hydrogen-bond donors (Lipinski definition) is 0. The van der Waals surface area contributed by atoms with Crippen molar-refractivity contribution in [2.45, 2.75) is 38.5 Å². The van der Waals surface area contributed by atoms with E-state index in [1.165, 1.54) is 138 Å². The van der Waals surface area contributed by atoms with Gasteiger partial charge in [0, 0.05) is 43.7 Å². The summed E-state index contributed by atoms with van der Waals surface area (Å²) >= 11 is 0. The van der Waals surface area contributed by atoms with Crippen molar-refractivity contribution in [1.29, 1.82) is 0 Å². The lowest BCUT2D eigenvalue weighted by atomic mass is 9.79. The summed E-state index contributed by atoms with van der Waals surface area (Å²) in [5.74, 6) is 0. The zero-order valence-corrected chi connectivity index (χ0v) is 43.1. The first-order valence-corrected chi connectivity index (χ1v) is 26.7. The second-order valence-electron chi connectivity index (χ2n) is 22.1. The standard InChI is InChI=1S/C74H54N2/c1-73(2)65-42-48(24-23-47-26-39-71-63(41-47)61-19-11-13-21-69(61)75(71)55-17-9-6-10-18-55)25-35-57(65)58-37-30-53(45-66(58)73)54-31-38-60-59-36-29-52(44-67(59)74(3,4)68(60)46-54)51-32-40-72-64(43-51)62-20-12-14-22-70(62)76(72)56-33-27-50(28-34-56)49-15-7-5-8-16-49/h5-46H,1-4H3. The molecule has 15 rings (SSSR count). The fraction of sp³-hybridized carbons (Fsp3) is 0.0811. The van der Waals surface area contributed by atoms with Gasteiger partial charge in [0.05, 0.1) is 22.1 Å². The third kappa shape index (κ3) is 6.73. The van der Waals surface area contributed by atoms with Gasteiger partial charge in [-0.25, -0.2) is 0 Å². The largest absolute Gasteiger partial charge is 0.309 e. The monoisotopic (exact) mass is 970 g/mol. The smallest absolute Gasteiger partial charge is 0.0541 e. The van der Waals surface area contributed by atoms with Gasteiger partial charge in [0.1, 0.15) is 0 Å². The minimum absolute atomic E-state index is 0.155. The van der Waals surface area contributed by atoms with E-state index in [1.807, 2.05) is 0 Å². The van der Waals surface area contributed by atoms with E-state index in [-0.39, 0.29) is 10.8 Å². The Kier molecular flexibility index (Phi) is 9.69. The number of aromatic nitrogens is 2. The minimum atomic E-state index is -0.175. The van der Waals surface area contributed by atoms with Crippen LogP contribution in [0, 0.1) is 0 Å². The van der Waals surface area contributed by atoms with Crippen LogP contribution in [0.2, 0.25) is 0 Å². The molecule has 0 saturated heterocycles. The van der Waals surface area contributed by atoms with E-state index in [4.69, 9.17) is 0 Å². The van der Waals surface area contributed by atoms with Crippen LogP contribution in [0.1, 0.15) is 61.1 Å². The average molecular weight is 971 g/mol. The first kappa shape index (κ1) is 44.3. The molecule has 0 unspecified atom stereocenters. The van der Waals surface area contributed by atoms with Crippen LogP contribution in [0.3, 0.4) is 0 Å². The molecule has 0 bridgehead atoms. The Morgan fingerprint density at radius 2 is 0.618 bits per heavy atom. The van der Waals surface area contributed by atoms with Crippen molar-refractivity contribution in [1.82, 2.24) is 9.13 Å². The maximum atomic E-state index is 2.47. The maximum Gasteiger partial charge on any atom is 0.0541 e. The molecule has 2 heteroatoms. The van der Waals surface area contributed by atoms with Crippen LogP contribution >= 0.6 is 0 Å². The van der Waals surface area contributed by atoms with Gasteiger partial charge in [-0.2, -0.15) is 0 Å². The van der Waals surface area contributed by atoms with Crippen molar-refractivity contribution in [3.63, 3.8) is 0 Å². The fourth-order valence-electron chi connectivity index (χ4n) is 13.1. The number of fused-ring (bicyclic) bond motifs is 12. The third-order valence-electron chi connectivity index (χ3n) is 17.1. The first-order valence-electron chi connectivity index (χ1n) is 26.7. The summed E-state index contributed by atoms with van der Waals surface area (Å²) in [4.78, 5) is 0. The molecule has 0 saturated carbocycles. The first-order chi connectivity index (χ1) is 37.2. The minimum Gasteiger partial charge on any atom is -0.309 e. The molecule has 360 valence electrons. The van der Waals surface area contributed by atoms with Crippen LogP contribution in [0.15, 0.2) is 243 Å². The lowest BCUT2D eigenvalue weighted by Gasteiger charge is -2.24. The summed E-state index contributed by atoms with van der Waals surface area (Å²) in [7, 11) is 0. The lowest BCUT2D eigenvalue weighted by molar-refractivity contribution is 0.659. The van der Waals surface area contributed by atoms with E-state index in [0.717, 1.165) is 5.69 Å². The summed E-state index contributed by atoms with van der Waals surface area (Å²) in [6, 6.07) is 90.2. The van der Waals surface area contributed by atoms with E-state index in [1.54, 1.807) is 0 Å². The predicted molar refractivity (Wildman–Crippen MR) is 322 cm³/mol. The summed E-state index contributed by atoms with van der Waals surface area (Å²) < 4.78 is 4.78. The van der Waals surface area contributed by atoms with Crippen LogP contribution in [0.25, 0.3) is 123 Å². The second kappa shape index (κ2) is 16.6. The lowest BCUT2D eigenvalue weighted by Crippen LogP contribution is -2.15. The highest BCUT2D eigenvalue weighted by Gasteiger charge is 2.38. The normalized spacial score (nSPS) is 13.9. The molecule has 13 aromatic rings. The summed E-state index contributed by atoms with van der Waals surface area (Å²) in [5.41, 5.74) is 27.6. The molecule has 11 aromatic carbocycles.